The van der Waals surface area contributed by atoms with Gasteiger partial charge in [-0.3, -0.25) is 4.90 Å². The molecule has 1 saturated heterocycles. The second-order valence-electron chi connectivity index (χ2n) is 6.10. The van der Waals surface area contributed by atoms with Crippen LogP contribution in [0.5, 0.6) is 0 Å². The fourth-order valence-corrected chi connectivity index (χ4v) is 2.38. The molecule has 1 aliphatic heterocycles. The van der Waals surface area contributed by atoms with Crippen molar-refractivity contribution in [2.24, 2.45) is 0 Å². The molecule has 2 rings (SSSR count). The van der Waals surface area contributed by atoms with Gasteiger partial charge >= 0.3 is 6.18 Å². The molecule has 0 aromatic heterocycles. The van der Waals surface area contributed by atoms with Crippen molar-refractivity contribution in [2.45, 2.75) is 38.6 Å². The molecule has 0 bridgehead atoms. The molecule has 0 saturated carbocycles. The summed E-state index contributed by atoms with van der Waals surface area (Å²) in [6, 6.07) is 5.42. The second-order valence-corrected chi connectivity index (χ2v) is 6.10. The first-order valence-corrected chi connectivity index (χ1v) is 6.72. The quantitative estimate of drug-likeness (QED) is 0.777. The first-order chi connectivity index (χ1) is 9.18. The maximum absolute atomic E-state index is 12.7. The summed E-state index contributed by atoms with van der Waals surface area (Å²) in [6.45, 7) is 8.26. The zero-order valence-electron chi connectivity index (χ0n) is 12.0. The topological polar surface area (TPSA) is 12.5 Å². The lowest BCUT2D eigenvalue weighted by atomic mass is 10.0. The lowest BCUT2D eigenvalue weighted by molar-refractivity contribution is -0.137. The van der Waals surface area contributed by atoms with E-state index in [-0.39, 0.29) is 11.6 Å². The first-order valence-electron chi connectivity index (χ1n) is 6.72. The Bertz CT molecular complexity index is 465. The minimum absolute atomic E-state index is 0.0103. The molecule has 1 aliphatic rings. The summed E-state index contributed by atoms with van der Waals surface area (Å²) in [5.41, 5.74) is -0.0378. The van der Waals surface area contributed by atoms with Crippen molar-refractivity contribution >= 4 is 0 Å². The number of rotatable bonds is 1. The van der Waals surface area contributed by atoms with Crippen LogP contribution in [0.15, 0.2) is 24.3 Å². The van der Waals surface area contributed by atoms with E-state index in [1.54, 1.807) is 6.07 Å². The van der Waals surface area contributed by atoms with Gasteiger partial charge in [0.05, 0.1) is 18.3 Å². The normalized spacial score (nSPS) is 22.0. The smallest absolute Gasteiger partial charge is 0.371 e. The summed E-state index contributed by atoms with van der Waals surface area (Å²) in [5.74, 6) is 0. The molecule has 1 aromatic carbocycles. The molecule has 1 unspecified atom stereocenters. The molecule has 1 fully saturated rings. The number of morpholine rings is 1. The van der Waals surface area contributed by atoms with E-state index < -0.39 is 11.7 Å². The molecule has 2 nitrogen and oxygen atoms in total. The summed E-state index contributed by atoms with van der Waals surface area (Å²) in [5, 5.41) is 0. The Hall–Kier alpha value is -1.07. The largest absolute Gasteiger partial charge is 0.416 e. The third-order valence-electron chi connectivity index (χ3n) is 3.60. The monoisotopic (exact) mass is 287 g/mol. The molecule has 0 spiro atoms. The van der Waals surface area contributed by atoms with Crippen LogP contribution in [0.3, 0.4) is 0 Å². The minimum Gasteiger partial charge on any atom is -0.371 e. The van der Waals surface area contributed by atoms with Gasteiger partial charge in [-0.1, -0.05) is 12.1 Å². The van der Waals surface area contributed by atoms with Gasteiger partial charge < -0.3 is 4.74 Å². The predicted molar refractivity (Wildman–Crippen MR) is 71.5 cm³/mol. The van der Waals surface area contributed by atoms with Crippen LogP contribution in [0.4, 0.5) is 13.2 Å². The van der Waals surface area contributed by atoms with Gasteiger partial charge in [0.2, 0.25) is 0 Å². The molecule has 0 aliphatic carbocycles. The number of halogens is 3. The Morgan fingerprint density at radius 3 is 2.50 bits per heavy atom. The van der Waals surface area contributed by atoms with Crippen molar-refractivity contribution in [1.29, 1.82) is 0 Å². The molecular formula is C15H20F3NO. The number of hydrogen-bond acceptors (Lipinski definition) is 2. The molecule has 112 valence electrons. The SMILES string of the molecule is CC(C)(C)N1CCOC(c2cccc(C(F)(F)F)c2)C1. The fraction of sp³-hybridized carbons (Fsp3) is 0.600. The van der Waals surface area contributed by atoms with Crippen LogP contribution >= 0.6 is 0 Å². The highest BCUT2D eigenvalue weighted by Crippen LogP contribution is 2.33. The summed E-state index contributed by atoms with van der Waals surface area (Å²) in [4.78, 5) is 2.24. The third kappa shape index (κ3) is 3.52. The van der Waals surface area contributed by atoms with Crippen molar-refractivity contribution in [1.82, 2.24) is 4.90 Å². The van der Waals surface area contributed by atoms with Crippen LogP contribution < -0.4 is 0 Å². The molecule has 1 aromatic rings. The van der Waals surface area contributed by atoms with Gasteiger partial charge in [-0.25, -0.2) is 0 Å². The molecule has 0 radical (unpaired) electrons. The van der Waals surface area contributed by atoms with E-state index in [0.717, 1.165) is 12.6 Å². The Kier molecular flexibility index (Phi) is 4.12. The maximum atomic E-state index is 12.7. The zero-order valence-corrected chi connectivity index (χ0v) is 12.0. The number of alkyl halides is 3. The van der Waals surface area contributed by atoms with Crippen LogP contribution in [0.2, 0.25) is 0 Å². The molecule has 1 atom stereocenters. The Morgan fingerprint density at radius 2 is 1.90 bits per heavy atom. The van der Waals surface area contributed by atoms with Gasteiger partial charge in [-0.2, -0.15) is 13.2 Å². The molecule has 0 amide bonds. The maximum Gasteiger partial charge on any atom is 0.416 e. The third-order valence-corrected chi connectivity index (χ3v) is 3.60. The van der Waals surface area contributed by atoms with E-state index in [1.165, 1.54) is 12.1 Å². The summed E-state index contributed by atoms with van der Waals surface area (Å²) >= 11 is 0. The number of nitrogens with zero attached hydrogens (tertiary/aromatic N) is 1. The minimum atomic E-state index is -4.31. The molecule has 0 N–H and O–H groups in total. The van der Waals surface area contributed by atoms with E-state index in [2.05, 4.69) is 25.7 Å². The first kappa shape index (κ1) is 15.3. The van der Waals surface area contributed by atoms with E-state index in [0.29, 0.717) is 18.7 Å². The van der Waals surface area contributed by atoms with Crippen LogP contribution in [0.1, 0.15) is 38.0 Å². The summed E-state index contributed by atoms with van der Waals surface area (Å²) < 4.78 is 43.9. The van der Waals surface area contributed by atoms with Crippen molar-refractivity contribution in [2.75, 3.05) is 19.7 Å². The number of ether oxygens (including phenoxy) is 1. The second kappa shape index (κ2) is 5.37. The lowest BCUT2D eigenvalue weighted by Gasteiger charge is -2.41. The fourth-order valence-electron chi connectivity index (χ4n) is 2.38. The summed E-state index contributed by atoms with van der Waals surface area (Å²) in [6.07, 6.45) is -4.61. The van der Waals surface area contributed by atoms with E-state index in [9.17, 15) is 13.2 Å². The van der Waals surface area contributed by atoms with Crippen molar-refractivity contribution in [3.8, 4) is 0 Å². The van der Waals surface area contributed by atoms with Gasteiger partial charge in [-0.15, -0.1) is 0 Å². The highest BCUT2D eigenvalue weighted by molar-refractivity contribution is 5.27. The molecule has 5 heteroatoms. The van der Waals surface area contributed by atoms with Crippen LogP contribution in [0.25, 0.3) is 0 Å². The van der Waals surface area contributed by atoms with Gasteiger partial charge in [0.1, 0.15) is 0 Å². The van der Waals surface area contributed by atoms with Crippen LogP contribution in [-0.2, 0) is 10.9 Å². The summed E-state index contributed by atoms with van der Waals surface area (Å²) in [7, 11) is 0. The standard InChI is InChI=1S/C15H20F3NO/c1-14(2,3)19-7-8-20-13(10-19)11-5-4-6-12(9-11)15(16,17)18/h4-6,9,13H,7-8,10H2,1-3H3. The van der Waals surface area contributed by atoms with Crippen LogP contribution in [0, 0.1) is 0 Å². The van der Waals surface area contributed by atoms with Crippen molar-refractivity contribution in [3.63, 3.8) is 0 Å². The van der Waals surface area contributed by atoms with Gasteiger partial charge in [0.15, 0.2) is 0 Å². The molecule has 20 heavy (non-hydrogen) atoms. The van der Waals surface area contributed by atoms with Crippen molar-refractivity contribution < 1.29 is 17.9 Å². The Labute approximate surface area is 117 Å². The highest BCUT2D eigenvalue weighted by atomic mass is 19.4. The van der Waals surface area contributed by atoms with Crippen LogP contribution in [-0.4, -0.2) is 30.1 Å². The van der Waals surface area contributed by atoms with E-state index >= 15 is 0 Å². The predicted octanol–water partition coefficient (Wildman–Crippen LogP) is 3.88. The highest BCUT2D eigenvalue weighted by Gasteiger charge is 2.33. The number of benzene rings is 1. The Balaban J connectivity index is 2.19. The van der Waals surface area contributed by atoms with Crippen molar-refractivity contribution in [3.05, 3.63) is 35.4 Å². The average molecular weight is 287 g/mol. The molecular weight excluding hydrogens is 267 g/mol. The van der Waals surface area contributed by atoms with E-state index in [4.69, 9.17) is 4.74 Å². The zero-order chi connectivity index (χ0) is 15.0. The van der Waals surface area contributed by atoms with Gasteiger partial charge in [0, 0.05) is 18.6 Å². The lowest BCUT2D eigenvalue weighted by Crippen LogP contribution is -2.48. The van der Waals surface area contributed by atoms with Gasteiger partial charge in [0.25, 0.3) is 0 Å². The number of hydrogen-bond donors (Lipinski definition) is 0. The van der Waals surface area contributed by atoms with E-state index in [1.807, 2.05) is 0 Å². The van der Waals surface area contributed by atoms with Gasteiger partial charge in [-0.05, 0) is 38.5 Å². The Morgan fingerprint density at radius 1 is 1.20 bits per heavy atom. The molecule has 1 heterocycles. The average Bonchev–Trinajstić information content (AvgIpc) is 2.37.